The number of rotatable bonds is 6. The highest BCUT2D eigenvalue weighted by Gasteiger charge is 2.39. The quantitative estimate of drug-likeness (QED) is 0.872. The lowest BCUT2D eigenvalue weighted by Crippen LogP contribution is -2.58. The molecule has 1 fully saturated rings. The highest BCUT2D eigenvalue weighted by atomic mass is 16.5. The predicted molar refractivity (Wildman–Crippen MR) is 86.2 cm³/mol. The van der Waals surface area contributed by atoms with Crippen LogP contribution in [0.5, 0.6) is 0 Å². The average Bonchev–Trinajstić information content (AvgIpc) is 2.53. The number of hydrogen-bond donors (Lipinski definition) is 1. The maximum atomic E-state index is 6.16. The Bertz CT molecular complexity index is 423. The highest BCUT2D eigenvalue weighted by Crippen LogP contribution is 2.32. The van der Waals surface area contributed by atoms with Crippen LogP contribution in [-0.2, 0) is 11.2 Å². The van der Waals surface area contributed by atoms with Gasteiger partial charge in [0.05, 0.1) is 6.10 Å². The van der Waals surface area contributed by atoms with E-state index < -0.39 is 0 Å². The molecule has 2 heterocycles. The van der Waals surface area contributed by atoms with E-state index >= 15 is 0 Å². The van der Waals surface area contributed by atoms with Crippen molar-refractivity contribution in [3.63, 3.8) is 0 Å². The van der Waals surface area contributed by atoms with Crippen LogP contribution in [0.15, 0.2) is 24.5 Å². The summed E-state index contributed by atoms with van der Waals surface area (Å²) in [7, 11) is 2.21. The van der Waals surface area contributed by atoms with Gasteiger partial charge in [-0.1, -0.05) is 13.8 Å². The van der Waals surface area contributed by atoms with Gasteiger partial charge in [-0.2, -0.15) is 0 Å². The zero-order valence-corrected chi connectivity index (χ0v) is 13.6. The SMILES string of the molecule is CC(C)C1CC(CN)(N(C)CCc2ccncc2)CCO1. The van der Waals surface area contributed by atoms with E-state index in [0.717, 1.165) is 32.4 Å². The molecule has 0 aliphatic carbocycles. The van der Waals surface area contributed by atoms with Crippen molar-refractivity contribution < 1.29 is 4.74 Å². The van der Waals surface area contributed by atoms with Gasteiger partial charge in [-0.25, -0.2) is 0 Å². The molecule has 2 unspecified atom stereocenters. The maximum absolute atomic E-state index is 6.16. The summed E-state index contributed by atoms with van der Waals surface area (Å²) in [5, 5.41) is 0. The molecule has 0 bridgehead atoms. The van der Waals surface area contributed by atoms with Crippen molar-refractivity contribution in [2.75, 3.05) is 26.7 Å². The summed E-state index contributed by atoms with van der Waals surface area (Å²) >= 11 is 0. The van der Waals surface area contributed by atoms with Crippen LogP contribution in [0.2, 0.25) is 0 Å². The Balaban J connectivity index is 1.98. The van der Waals surface area contributed by atoms with Gasteiger partial charge >= 0.3 is 0 Å². The Morgan fingerprint density at radius 2 is 2.14 bits per heavy atom. The van der Waals surface area contributed by atoms with Crippen molar-refractivity contribution in [3.8, 4) is 0 Å². The number of nitrogens with two attached hydrogens (primary N) is 1. The third-order valence-corrected chi connectivity index (χ3v) is 4.90. The van der Waals surface area contributed by atoms with E-state index in [0.29, 0.717) is 18.6 Å². The van der Waals surface area contributed by atoms with Crippen LogP contribution < -0.4 is 5.73 Å². The van der Waals surface area contributed by atoms with Crippen molar-refractivity contribution in [1.82, 2.24) is 9.88 Å². The molecule has 21 heavy (non-hydrogen) atoms. The first kappa shape index (κ1) is 16.4. The van der Waals surface area contributed by atoms with E-state index in [9.17, 15) is 0 Å². The molecular weight excluding hydrogens is 262 g/mol. The molecule has 4 heteroatoms. The van der Waals surface area contributed by atoms with Crippen LogP contribution in [0.4, 0.5) is 0 Å². The van der Waals surface area contributed by atoms with Gasteiger partial charge in [-0.05, 0) is 49.9 Å². The van der Waals surface area contributed by atoms with Gasteiger partial charge in [-0.3, -0.25) is 9.88 Å². The molecule has 1 saturated heterocycles. The lowest BCUT2D eigenvalue weighted by Gasteiger charge is -2.47. The van der Waals surface area contributed by atoms with E-state index in [4.69, 9.17) is 10.5 Å². The summed E-state index contributed by atoms with van der Waals surface area (Å²) < 4.78 is 5.92. The topological polar surface area (TPSA) is 51.4 Å². The molecule has 1 aliphatic rings. The number of ether oxygens (including phenoxy) is 1. The zero-order chi connectivity index (χ0) is 15.3. The fraction of sp³-hybridized carbons (Fsp3) is 0.706. The molecule has 0 amide bonds. The van der Waals surface area contributed by atoms with Crippen LogP contribution in [0.3, 0.4) is 0 Å². The molecule has 4 nitrogen and oxygen atoms in total. The van der Waals surface area contributed by atoms with Crippen LogP contribution in [0.25, 0.3) is 0 Å². The highest BCUT2D eigenvalue weighted by molar-refractivity contribution is 5.10. The van der Waals surface area contributed by atoms with Gasteiger partial charge in [0, 0.05) is 37.6 Å². The van der Waals surface area contributed by atoms with Gasteiger partial charge in [0.25, 0.3) is 0 Å². The van der Waals surface area contributed by atoms with E-state index in [1.807, 2.05) is 12.4 Å². The number of likely N-dealkylation sites (N-methyl/N-ethyl adjacent to an activating group) is 1. The standard InChI is InChI=1S/C17H29N3O/c1-14(2)16-12-17(13-18,7-11-21-16)20(3)10-6-15-4-8-19-9-5-15/h4-5,8-9,14,16H,6-7,10-13,18H2,1-3H3. The second-order valence-electron chi connectivity index (χ2n) is 6.56. The van der Waals surface area contributed by atoms with Crippen molar-refractivity contribution in [2.45, 2.75) is 44.8 Å². The number of aromatic nitrogens is 1. The zero-order valence-electron chi connectivity index (χ0n) is 13.6. The molecule has 0 saturated carbocycles. The van der Waals surface area contributed by atoms with Gasteiger partial charge in [0.1, 0.15) is 0 Å². The molecular formula is C17H29N3O. The fourth-order valence-corrected chi connectivity index (χ4v) is 3.14. The van der Waals surface area contributed by atoms with Gasteiger partial charge in [0.15, 0.2) is 0 Å². The molecule has 0 radical (unpaired) electrons. The summed E-state index contributed by atoms with van der Waals surface area (Å²) in [6.45, 7) is 7.00. The van der Waals surface area contributed by atoms with Crippen LogP contribution in [0.1, 0.15) is 32.3 Å². The van der Waals surface area contributed by atoms with Gasteiger partial charge in [-0.15, -0.1) is 0 Å². The first-order chi connectivity index (χ1) is 10.1. The Morgan fingerprint density at radius 1 is 1.43 bits per heavy atom. The van der Waals surface area contributed by atoms with Crippen LogP contribution in [0, 0.1) is 5.92 Å². The lowest BCUT2D eigenvalue weighted by atomic mass is 9.82. The first-order valence-corrected chi connectivity index (χ1v) is 7.99. The normalized spacial score (nSPS) is 26.5. The molecule has 0 spiro atoms. The van der Waals surface area contributed by atoms with E-state index in [-0.39, 0.29) is 5.54 Å². The summed E-state index contributed by atoms with van der Waals surface area (Å²) in [5.74, 6) is 0.546. The molecule has 1 aromatic heterocycles. The number of hydrogen-bond acceptors (Lipinski definition) is 4. The number of pyridine rings is 1. The Morgan fingerprint density at radius 3 is 2.76 bits per heavy atom. The third-order valence-electron chi connectivity index (χ3n) is 4.90. The molecule has 2 atom stereocenters. The second kappa shape index (κ2) is 7.34. The molecule has 1 aromatic rings. The Labute approximate surface area is 128 Å². The Kier molecular flexibility index (Phi) is 5.73. The molecule has 2 rings (SSSR count). The van der Waals surface area contributed by atoms with Crippen molar-refractivity contribution in [2.24, 2.45) is 11.7 Å². The van der Waals surface area contributed by atoms with Crippen LogP contribution >= 0.6 is 0 Å². The van der Waals surface area contributed by atoms with Gasteiger partial charge in [0.2, 0.25) is 0 Å². The lowest BCUT2D eigenvalue weighted by molar-refractivity contribution is -0.0811. The minimum absolute atomic E-state index is 0.0835. The number of nitrogens with zero attached hydrogens (tertiary/aromatic N) is 2. The largest absolute Gasteiger partial charge is 0.378 e. The van der Waals surface area contributed by atoms with Crippen LogP contribution in [-0.4, -0.2) is 48.3 Å². The maximum Gasteiger partial charge on any atom is 0.0616 e. The van der Waals surface area contributed by atoms with E-state index in [1.165, 1.54) is 5.56 Å². The molecule has 118 valence electrons. The Hall–Kier alpha value is -0.970. The van der Waals surface area contributed by atoms with E-state index in [2.05, 4.69) is 42.9 Å². The summed E-state index contributed by atoms with van der Waals surface area (Å²) in [6.07, 6.45) is 7.14. The monoisotopic (exact) mass is 291 g/mol. The smallest absolute Gasteiger partial charge is 0.0616 e. The molecule has 0 aromatic carbocycles. The predicted octanol–water partition coefficient (Wildman–Crippen LogP) is 2.09. The minimum atomic E-state index is 0.0835. The van der Waals surface area contributed by atoms with Crippen molar-refractivity contribution >= 4 is 0 Å². The molecule has 2 N–H and O–H groups in total. The molecule has 1 aliphatic heterocycles. The van der Waals surface area contributed by atoms with Crippen molar-refractivity contribution in [1.29, 1.82) is 0 Å². The minimum Gasteiger partial charge on any atom is -0.378 e. The van der Waals surface area contributed by atoms with Crippen molar-refractivity contribution in [3.05, 3.63) is 30.1 Å². The fourth-order valence-electron chi connectivity index (χ4n) is 3.14. The average molecular weight is 291 g/mol. The second-order valence-corrected chi connectivity index (χ2v) is 6.56. The third kappa shape index (κ3) is 4.02. The summed E-state index contributed by atoms with van der Waals surface area (Å²) in [5.41, 5.74) is 7.58. The van der Waals surface area contributed by atoms with Gasteiger partial charge < -0.3 is 10.5 Å². The summed E-state index contributed by atoms with van der Waals surface area (Å²) in [6, 6.07) is 4.17. The summed E-state index contributed by atoms with van der Waals surface area (Å²) in [4.78, 5) is 6.52. The van der Waals surface area contributed by atoms with E-state index in [1.54, 1.807) is 0 Å². The first-order valence-electron chi connectivity index (χ1n) is 7.99.